The Hall–Kier alpha value is -3.50. The summed E-state index contributed by atoms with van der Waals surface area (Å²) in [6.45, 7) is 4.17. The molecule has 10 heteroatoms. The molecule has 0 spiro atoms. The molecule has 33 heavy (non-hydrogen) atoms. The highest BCUT2D eigenvalue weighted by Crippen LogP contribution is 2.28. The highest BCUT2D eigenvalue weighted by molar-refractivity contribution is 7.99. The number of nitrogens with two attached hydrogens (primary N) is 1. The van der Waals surface area contributed by atoms with Crippen LogP contribution in [0.15, 0.2) is 58.7 Å². The van der Waals surface area contributed by atoms with Crippen LogP contribution in [0.25, 0.3) is 10.2 Å². The molecule has 2 amide bonds. The molecular formula is C23H21N5O3S2. The van der Waals surface area contributed by atoms with Gasteiger partial charge in [-0.2, -0.15) is 0 Å². The Morgan fingerprint density at radius 1 is 1.18 bits per heavy atom. The number of thiophene rings is 1. The molecule has 0 atom stereocenters. The number of carbonyl (C=O) groups is 2. The molecule has 168 valence electrons. The third kappa shape index (κ3) is 4.81. The summed E-state index contributed by atoms with van der Waals surface area (Å²) in [5.74, 6) is -0.963. The molecule has 0 aliphatic heterocycles. The summed E-state index contributed by atoms with van der Waals surface area (Å²) in [7, 11) is 0. The number of amides is 2. The van der Waals surface area contributed by atoms with Crippen molar-refractivity contribution in [3.8, 4) is 0 Å². The number of rotatable bonds is 7. The Balaban J connectivity index is 1.64. The molecule has 3 heterocycles. The van der Waals surface area contributed by atoms with Gasteiger partial charge in [-0.05, 0) is 43.2 Å². The van der Waals surface area contributed by atoms with Gasteiger partial charge in [-0.3, -0.25) is 23.9 Å². The van der Waals surface area contributed by atoms with Crippen LogP contribution in [0.2, 0.25) is 0 Å². The van der Waals surface area contributed by atoms with E-state index < -0.39 is 5.91 Å². The number of anilines is 1. The van der Waals surface area contributed by atoms with Crippen molar-refractivity contribution in [1.82, 2.24) is 14.5 Å². The predicted molar refractivity (Wildman–Crippen MR) is 131 cm³/mol. The van der Waals surface area contributed by atoms with E-state index in [0.29, 0.717) is 27.6 Å². The van der Waals surface area contributed by atoms with Gasteiger partial charge in [0.1, 0.15) is 4.83 Å². The van der Waals surface area contributed by atoms with Gasteiger partial charge < -0.3 is 11.1 Å². The molecule has 0 saturated heterocycles. The van der Waals surface area contributed by atoms with Crippen molar-refractivity contribution in [2.45, 2.75) is 25.5 Å². The lowest BCUT2D eigenvalue weighted by Gasteiger charge is -2.13. The molecule has 0 bridgehead atoms. The summed E-state index contributed by atoms with van der Waals surface area (Å²) in [5, 5.41) is 3.76. The SMILES string of the molecule is Cc1sc2nc(SCC(=O)Nc3ccccc3C(N)=O)n(Cc3cccnc3)c(=O)c2c1C. The molecule has 0 aliphatic carbocycles. The van der Waals surface area contributed by atoms with Gasteiger partial charge in [0.15, 0.2) is 5.16 Å². The number of hydrogen-bond acceptors (Lipinski definition) is 7. The van der Waals surface area contributed by atoms with Crippen molar-refractivity contribution in [1.29, 1.82) is 0 Å². The minimum atomic E-state index is -0.626. The third-order valence-electron chi connectivity index (χ3n) is 5.12. The first-order valence-electron chi connectivity index (χ1n) is 10.1. The van der Waals surface area contributed by atoms with Gasteiger partial charge in [0, 0.05) is 17.3 Å². The van der Waals surface area contributed by atoms with Crippen LogP contribution in [0.1, 0.15) is 26.4 Å². The van der Waals surface area contributed by atoms with E-state index in [2.05, 4.69) is 10.3 Å². The van der Waals surface area contributed by atoms with Gasteiger partial charge >= 0.3 is 0 Å². The van der Waals surface area contributed by atoms with Crippen LogP contribution in [-0.4, -0.2) is 32.1 Å². The van der Waals surface area contributed by atoms with E-state index >= 15 is 0 Å². The minimum Gasteiger partial charge on any atom is -0.366 e. The van der Waals surface area contributed by atoms with Crippen molar-refractivity contribution >= 4 is 50.8 Å². The lowest BCUT2D eigenvalue weighted by Crippen LogP contribution is -2.25. The van der Waals surface area contributed by atoms with Gasteiger partial charge in [0.25, 0.3) is 11.5 Å². The number of nitrogens with zero attached hydrogens (tertiary/aromatic N) is 3. The smallest absolute Gasteiger partial charge is 0.263 e. The third-order valence-corrected chi connectivity index (χ3v) is 7.19. The zero-order chi connectivity index (χ0) is 23.5. The number of aromatic nitrogens is 3. The Bertz CT molecular complexity index is 1410. The van der Waals surface area contributed by atoms with E-state index in [1.54, 1.807) is 41.2 Å². The average Bonchev–Trinajstić information content (AvgIpc) is 3.09. The van der Waals surface area contributed by atoms with E-state index in [4.69, 9.17) is 10.7 Å². The van der Waals surface area contributed by atoms with Crippen LogP contribution in [0.5, 0.6) is 0 Å². The molecule has 0 fully saturated rings. The molecule has 4 rings (SSSR count). The molecule has 4 aromatic rings. The number of pyridine rings is 1. The molecular weight excluding hydrogens is 458 g/mol. The van der Waals surface area contributed by atoms with E-state index in [1.807, 2.05) is 26.0 Å². The molecule has 8 nitrogen and oxygen atoms in total. The zero-order valence-corrected chi connectivity index (χ0v) is 19.6. The first-order valence-corrected chi connectivity index (χ1v) is 11.9. The van der Waals surface area contributed by atoms with Gasteiger partial charge in [0.05, 0.1) is 28.9 Å². The summed E-state index contributed by atoms with van der Waals surface area (Å²) in [4.78, 5) is 48.1. The minimum absolute atomic E-state index is 0.00141. The molecule has 0 aliphatic rings. The first kappa shape index (κ1) is 22.7. The normalized spacial score (nSPS) is 11.0. The molecule has 0 radical (unpaired) electrons. The number of benzene rings is 1. The maximum absolute atomic E-state index is 13.4. The fourth-order valence-corrected chi connectivity index (χ4v) is 5.22. The lowest BCUT2D eigenvalue weighted by atomic mass is 10.1. The summed E-state index contributed by atoms with van der Waals surface area (Å²) < 4.78 is 1.58. The Labute approximate surface area is 197 Å². The summed E-state index contributed by atoms with van der Waals surface area (Å²) >= 11 is 2.62. The Morgan fingerprint density at radius 2 is 1.97 bits per heavy atom. The van der Waals surface area contributed by atoms with Gasteiger partial charge in [-0.15, -0.1) is 11.3 Å². The number of para-hydroxylation sites is 1. The van der Waals surface area contributed by atoms with E-state index in [1.165, 1.54) is 11.3 Å². The molecule has 3 N–H and O–H groups in total. The second-order valence-corrected chi connectivity index (χ2v) is 9.50. The molecule has 3 aromatic heterocycles. The van der Waals surface area contributed by atoms with Crippen LogP contribution >= 0.6 is 23.1 Å². The number of fused-ring (bicyclic) bond motifs is 1. The Kier molecular flexibility index (Phi) is 6.57. The number of carbonyl (C=O) groups excluding carboxylic acids is 2. The van der Waals surface area contributed by atoms with Crippen LogP contribution in [0, 0.1) is 13.8 Å². The van der Waals surface area contributed by atoms with Crippen LogP contribution in [0.4, 0.5) is 5.69 Å². The number of thioether (sulfide) groups is 1. The largest absolute Gasteiger partial charge is 0.366 e. The fraction of sp³-hybridized carbons (Fsp3) is 0.174. The van der Waals surface area contributed by atoms with E-state index in [0.717, 1.165) is 27.8 Å². The number of nitrogens with one attached hydrogen (secondary N) is 1. The highest BCUT2D eigenvalue weighted by Gasteiger charge is 2.18. The highest BCUT2D eigenvalue weighted by atomic mass is 32.2. The predicted octanol–water partition coefficient (Wildman–Crippen LogP) is 3.35. The molecule has 0 saturated carbocycles. The van der Waals surface area contributed by atoms with Crippen molar-refractivity contribution in [3.63, 3.8) is 0 Å². The Morgan fingerprint density at radius 3 is 2.70 bits per heavy atom. The first-order chi connectivity index (χ1) is 15.8. The van der Waals surface area contributed by atoms with Crippen molar-refractivity contribution in [2.24, 2.45) is 5.73 Å². The number of aryl methyl sites for hydroxylation is 2. The fourth-order valence-electron chi connectivity index (χ4n) is 3.36. The van der Waals surface area contributed by atoms with Gasteiger partial charge in [-0.25, -0.2) is 4.98 Å². The van der Waals surface area contributed by atoms with Gasteiger partial charge in [0.2, 0.25) is 5.91 Å². The second kappa shape index (κ2) is 9.55. The quantitative estimate of drug-likeness (QED) is 0.310. The standard InChI is InChI=1S/C23H21N5O3S2/c1-13-14(2)33-21-19(13)22(31)28(11-15-6-5-9-25-10-15)23(27-21)32-12-18(29)26-17-8-4-3-7-16(17)20(24)30/h3-10H,11-12H2,1-2H3,(H2,24,30)(H,26,29). The van der Waals surface area contributed by atoms with Crippen molar-refractivity contribution < 1.29 is 9.59 Å². The average molecular weight is 480 g/mol. The van der Waals surface area contributed by atoms with E-state index in [9.17, 15) is 14.4 Å². The summed E-state index contributed by atoms with van der Waals surface area (Å²) in [6.07, 6.45) is 3.37. The maximum Gasteiger partial charge on any atom is 0.263 e. The molecule has 1 aromatic carbocycles. The van der Waals surface area contributed by atoms with Crippen molar-refractivity contribution in [2.75, 3.05) is 11.1 Å². The number of primary amides is 1. The monoisotopic (exact) mass is 479 g/mol. The zero-order valence-electron chi connectivity index (χ0n) is 18.0. The molecule has 0 unspecified atom stereocenters. The van der Waals surface area contributed by atoms with Gasteiger partial charge in [-0.1, -0.05) is 30.0 Å². The maximum atomic E-state index is 13.4. The lowest BCUT2D eigenvalue weighted by molar-refractivity contribution is -0.113. The van der Waals surface area contributed by atoms with Crippen LogP contribution < -0.4 is 16.6 Å². The van der Waals surface area contributed by atoms with Crippen LogP contribution in [-0.2, 0) is 11.3 Å². The van der Waals surface area contributed by atoms with Crippen LogP contribution in [0.3, 0.4) is 0 Å². The van der Waals surface area contributed by atoms with Crippen molar-refractivity contribution in [3.05, 3.63) is 80.7 Å². The number of hydrogen-bond donors (Lipinski definition) is 2. The topological polar surface area (TPSA) is 120 Å². The summed E-state index contributed by atoms with van der Waals surface area (Å²) in [5.41, 5.74) is 7.59. The van der Waals surface area contributed by atoms with E-state index in [-0.39, 0.29) is 22.8 Å². The summed E-state index contributed by atoms with van der Waals surface area (Å²) in [6, 6.07) is 10.2. The second-order valence-electron chi connectivity index (χ2n) is 7.36.